The summed E-state index contributed by atoms with van der Waals surface area (Å²) in [4.78, 5) is 16.2. The van der Waals surface area contributed by atoms with Gasteiger partial charge in [0.25, 0.3) is 0 Å². The number of hydrogen-bond acceptors (Lipinski definition) is 4. The molecule has 1 fully saturated rings. The van der Waals surface area contributed by atoms with Crippen LogP contribution in [0.25, 0.3) is 5.52 Å². The van der Waals surface area contributed by atoms with Crippen LogP contribution < -0.4 is 0 Å². The Balaban J connectivity index is 2.01. The fourth-order valence-electron chi connectivity index (χ4n) is 2.53. The van der Waals surface area contributed by atoms with Gasteiger partial charge in [-0.1, -0.05) is 6.07 Å². The number of hydrogen-bond donors (Lipinski definition) is 0. The molecule has 1 saturated heterocycles. The molecule has 3 heterocycles. The third kappa shape index (κ3) is 2.21. The van der Waals surface area contributed by atoms with Crippen molar-refractivity contribution in [2.45, 2.75) is 25.4 Å². The molecule has 3 rings (SSSR count). The monoisotopic (exact) mass is 260 g/mol. The summed E-state index contributed by atoms with van der Waals surface area (Å²) in [6.07, 6.45) is 4.85. The second kappa shape index (κ2) is 5.01. The van der Waals surface area contributed by atoms with Gasteiger partial charge in [-0.2, -0.15) is 0 Å². The molecular weight excluding hydrogens is 244 g/mol. The lowest BCUT2D eigenvalue weighted by Gasteiger charge is -2.10. The van der Waals surface area contributed by atoms with Gasteiger partial charge in [-0.3, -0.25) is 4.40 Å². The number of carbonyl (C=O) groups excluding carboxylic acids is 1. The zero-order valence-corrected chi connectivity index (χ0v) is 10.8. The number of pyridine rings is 1. The van der Waals surface area contributed by atoms with E-state index in [1.165, 1.54) is 7.11 Å². The van der Waals surface area contributed by atoms with E-state index in [-0.39, 0.29) is 12.1 Å². The van der Waals surface area contributed by atoms with Crippen LogP contribution in [0.1, 0.15) is 29.2 Å². The Morgan fingerprint density at radius 2 is 2.47 bits per heavy atom. The fourth-order valence-corrected chi connectivity index (χ4v) is 2.53. The largest absolute Gasteiger partial charge is 0.464 e. The van der Waals surface area contributed by atoms with Crippen molar-refractivity contribution in [2.24, 2.45) is 0 Å². The van der Waals surface area contributed by atoms with Crippen molar-refractivity contribution >= 4 is 11.5 Å². The molecule has 1 atom stereocenters. The maximum atomic E-state index is 11.8. The summed E-state index contributed by atoms with van der Waals surface area (Å²) in [7, 11) is 1.39. The minimum Gasteiger partial charge on any atom is -0.464 e. The number of imidazole rings is 1. The van der Waals surface area contributed by atoms with Crippen LogP contribution in [0.15, 0.2) is 24.4 Å². The van der Waals surface area contributed by atoms with Crippen LogP contribution in [0, 0.1) is 0 Å². The molecule has 0 N–H and O–H groups in total. The van der Waals surface area contributed by atoms with Crippen molar-refractivity contribution in [2.75, 3.05) is 13.7 Å². The number of fused-ring (bicyclic) bond motifs is 1. The van der Waals surface area contributed by atoms with E-state index < -0.39 is 0 Å². The Bertz CT molecular complexity index is 600. The van der Waals surface area contributed by atoms with E-state index in [2.05, 4.69) is 4.98 Å². The number of esters is 1. The van der Waals surface area contributed by atoms with E-state index in [0.29, 0.717) is 5.69 Å². The standard InChI is InChI=1S/C14H16N2O3/c1-18-14(17)12-6-2-4-10-9-15-13(16(10)12)8-11-5-3-7-19-11/h2,4,6,9,11H,3,5,7-8H2,1H3. The number of ether oxygens (including phenoxy) is 2. The lowest BCUT2D eigenvalue weighted by Crippen LogP contribution is -2.15. The second-order valence-corrected chi connectivity index (χ2v) is 4.68. The van der Waals surface area contributed by atoms with E-state index >= 15 is 0 Å². The first-order valence-electron chi connectivity index (χ1n) is 6.45. The first-order valence-corrected chi connectivity index (χ1v) is 6.45. The quantitative estimate of drug-likeness (QED) is 0.790. The van der Waals surface area contributed by atoms with Crippen LogP contribution >= 0.6 is 0 Å². The Hall–Kier alpha value is -1.88. The zero-order chi connectivity index (χ0) is 13.2. The van der Waals surface area contributed by atoms with Gasteiger partial charge in [0, 0.05) is 13.0 Å². The highest BCUT2D eigenvalue weighted by Gasteiger charge is 2.20. The molecule has 1 unspecified atom stereocenters. The summed E-state index contributed by atoms with van der Waals surface area (Å²) in [5, 5.41) is 0. The minimum atomic E-state index is -0.350. The molecule has 5 heteroatoms. The third-order valence-corrected chi connectivity index (χ3v) is 3.45. The zero-order valence-electron chi connectivity index (χ0n) is 10.8. The predicted octanol–water partition coefficient (Wildman–Crippen LogP) is 1.84. The second-order valence-electron chi connectivity index (χ2n) is 4.68. The van der Waals surface area contributed by atoms with E-state index in [1.54, 1.807) is 12.3 Å². The van der Waals surface area contributed by atoms with Crippen LogP contribution in [0.5, 0.6) is 0 Å². The Morgan fingerprint density at radius 3 is 3.21 bits per heavy atom. The molecule has 0 aromatic carbocycles. The number of aromatic nitrogens is 2. The van der Waals surface area contributed by atoms with Crippen molar-refractivity contribution in [3.8, 4) is 0 Å². The molecule has 0 aliphatic carbocycles. The molecule has 0 radical (unpaired) electrons. The summed E-state index contributed by atoms with van der Waals surface area (Å²) >= 11 is 0. The fraction of sp³-hybridized carbons (Fsp3) is 0.429. The van der Waals surface area contributed by atoms with Crippen molar-refractivity contribution < 1.29 is 14.3 Å². The van der Waals surface area contributed by atoms with Crippen LogP contribution in [0.2, 0.25) is 0 Å². The highest BCUT2D eigenvalue weighted by molar-refractivity contribution is 5.88. The lowest BCUT2D eigenvalue weighted by atomic mass is 10.2. The summed E-state index contributed by atoms with van der Waals surface area (Å²) in [5.74, 6) is 0.500. The van der Waals surface area contributed by atoms with Crippen molar-refractivity contribution in [3.05, 3.63) is 35.9 Å². The Labute approximate surface area is 111 Å². The van der Waals surface area contributed by atoms with E-state index in [0.717, 1.165) is 37.2 Å². The molecule has 19 heavy (non-hydrogen) atoms. The normalized spacial score (nSPS) is 18.9. The minimum absolute atomic E-state index is 0.205. The molecule has 1 aliphatic heterocycles. The maximum Gasteiger partial charge on any atom is 0.355 e. The molecule has 5 nitrogen and oxygen atoms in total. The number of rotatable bonds is 3. The molecule has 2 aromatic rings. The molecule has 0 saturated carbocycles. The first-order chi connectivity index (χ1) is 9.29. The van der Waals surface area contributed by atoms with Crippen LogP contribution in [-0.4, -0.2) is 35.2 Å². The van der Waals surface area contributed by atoms with Gasteiger partial charge in [-0.15, -0.1) is 0 Å². The average Bonchev–Trinajstić information content (AvgIpc) is 3.08. The molecule has 2 aromatic heterocycles. The van der Waals surface area contributed by atoms with Gasteiger partial charge in [0.1, 0.15) is 11.5 Å². The average molecular weight is 260 g/mol. The number of nitrogens with zero attached hydrogens (tertiary/aromatic N) is 2. The van der Waals surface area contributed by atoms with E-state index in [4.69, 9.17) is 9.47 Å². The highest BCUT2D eigenvalue weighted by Crippen LogP contribution is 2.19. The third-order valence-electron chi connectivity index (χ3n) is 3.45. The van der Waals surface area contributed by atoms with Crippen molar-refractivity contribution in [1.29, 1.82) is 0 Å². The number of methoxy groups -OCH3 is 1. The summed E-state index contributed by atoms with van der Waals surface area (Å²) in [5.41, 5.74) is 1.40. The van der Waals surface area contributed by atoms with Crippen LogP contribution in [0.4, 0.5) is 0 Å². The molecule has 1 aliphatic rings. The Morgan fingerprint density at radius 1 is 1.58 bits per heavy atom. The molecular formula is C14H16N2O3. The summed E-state index contributed by atoms with van der Waals surface area (Å²) in [6.45, 7) is 0.817. The van der Waals surface area contributed by atoms with Gasteiger partial charge < -0.3 is 9.47 Å². The SMILES string of the molecule is COC(=O)c1cccc2cnc(CC3CCCO3)n12. The first kappa shape index (κ1) is 12.2. The van der Waals surface area contributed by atoms with Gasteiger partial charge in [0.2, 0.25) is 0 Å². The summed E-state index contributed by atoms with van der Waals surface area (Å²) in [6, 6.07) is 5.51. The van der Waals surface area contributed by atoms with Gasteiger partial charge in [-0.05, 0) is 25.0 Å². The topological polar surface area (TPSA) is 52.8 Å². The smallest absolute Gasteiger partial charge is 0.355 e. The Kier molecular flexibility index (Phi) is 3.21. The predicted molar refractivity (Wildman–Crippen MR) is 69.2 cm³/mol. The van der Waals surface area contributed by atoms with Gasteiger partial charge in [0.15, 0.2) is 0 Å². The molecule has 0 spiro atoms. The molecule has 0 amide bonds. The van der Waals surface area contributed by atoms with Gasteiger partial charge in [0.05, 0.1) is 24.9 Å². The van der Waals surface area contributed by atoms with Gasteiger partial charge in [-0.25, -0.2) is 9.78 Å². The molecule has 0 bridgehead atoms. The van der Waals surface area contributed by atoms with Gasteiger partial charge >= 0.3 is 5.97 Å². The number of carbonyl (C=O) groups is 1. The maximum absolute atomic E-state index is 11.8. The highest BCUT2D eigenvalue weighted by atomic mass is 16.5. The summed E-state index contributed by atoms with van der Waals surface area (Å²) < 4.78 is 12.3. The van der Waals surface area contributed by atoms with E-state index in [1.807, 2.05) is 16.5 Å². The van der Waals surface area contributed by atoms with Crippen LogP contribution in [0.3, 0.4) is 0 Å². The van der Waals surface area contributed by atoms with Crippen molar-refractivity contribution in [3.63, 3.8) is 0 Å². The molecule has 100 valence electrons. The lowest BCUT2D eigenvalue weighted by molar-refractivity contribution is 0.0591. The van der Waals surface area contributed by atoms with Crippen LogP contribution in [-0.2, 0) is 15.9 Å². The van der Waals surface area contributed by atoms with E-state index in [9.17, 15) is 4.79 Å². The van der Waals surface area contributed by atoms with Crippen molar-refractivity contribution in [1.82, 2.24) is 9.38 Å².